The lowest BCUT2D eigenvalue weighted by atomic mass is 9.64. The van der Waals surface area contributed by atoms with Gasteiger partial charge in [0.05, 0.1) is 11.8 Å². The molecule has 1 unspecified atom stereocenters. The van der Waals surface area contributed by atoms with Crippen LogP contribution in [0.25, 0.3) is 0 Å². The second-order valence-electron chi connectivity index (χ2n) is 6.83. The van der Waals surface area contributed by atoms with Crippen LogP contribution in [0.2, 0.25) is 0 Å². The third-order valence-electron chi connectivity index (χ3n) is 5.24. The van der Waals surface area contributed by atoms with Crippen molar-refractivity contribution < 1.29 is 19.1 Å². The number of benzene rings is 1. The Morgan fingerprint density at radius 2 is 2.09 bits per heavy atom. The highest BCUT2D eigenvalue weighted by Crippen LogP contribution is 2.46. The van der Waals surface area contributed by atoms with Crippen LogP contribution in [-0.2, 0) is 16.0 Å². The van der Waals surface area contributed by atoms with Crippen LogP contribution in [-0.4, -0.2) is 34.5 Å². The van der Waals surface area contributed by atoms with E-state index in [1.54, 1.807) is 11.0 Å². The molecule has 1 atom stereocenters. The molecule has 0 radical (unpaired) electrons. The second-order valence-corrected chi connectivity index (χ2v) is 6.83. The molecule has 1 N–H and O–H groups in total. The molecule has 0 bridgehead atoms. The monoisotopic (exact) mass is 319 g/mol. The lowest BCUT2D eigenvalue weighted by Gasteiger charge is -2.44. The van der Waals surface area contributed by atoms with Gasteiger partial charge in [0.1, 0.15) is 5.82 Å². The Morgan fingerprint density at radius 1 is 1.30 bits per heavy atom. The van der Waals surface area contributed by atoms with Crippen molar-refractivity contribution in [3.63, 3.8) is 0 Å². The first kappa shape index (κ1) is 16.0. The van der Waals surface area contributed by atoms with Crippen molar-refractivity contribution in [3.05, 3.63) is 35.6 Å². The summed E-state index contributed by atoms with van der Waals surface area (Å²) in [5.41, 5.74) is 0.376. The number of amides is 1. The first-order valence-corrected chi connectivity index (χ1v) is 8.27. The molecule has 3 rings (SSSR count). The Labute approximate surface area is 135 Å². The van der Waals surface area contributed by atoms with Gasteiger partial charge in [0.2, 0.25) is 5.91 Å². The summed E-state index contributed by atoms with van der Waals surface area (Å²) >= 11 is 0. The molecule has 2 fully saturated rings. The zero-order valence-corrected chi connectivity index (χ0v) is 13.1. The number of halogens is 1. The van der Waals surface area contributed by atoms with Crippen molar-refractivity contribution in [2.75, 3.05) is 6.54 Å². The van der Waals surface area contributed by atoms with Crippen LogP contribution in [0.4, 0.5) is 4.39 Å². The van der Waals surface area contributed by atoms with Crippen molar-refractivity contribution in [2.24, 2.45) is 5.41 Å². The molecule has 0 aromatic heterocycles. The second kappa shape index (κ2) is 6.30. The van der Waals surface area contributed by atoms with E-state index in [2.05, 4.69) is 0 Å². The molecule has 23 heavy (non-hydrogen) atoms. The van der Waals surface area contributed by atoms with Gasteiger partial charge in [-0.3, -0.25) is 9.59 Å². The fourth-order valence-corrected chi connectivity index (χ4v) is 3.93. The number of likely N-dealkylation sites (tertiary alicyclic amines) is 1. The van der Waals surface area contributed by atoms with E-state index in [0.717, 1.165) is 37.7 Å². The summed E-state index contributed by atoms with van der Waals surface area (Å²) in [7, 11) is 0. The number of hydrogen-bond donors (Lipinski definition) is 1. The van der Waals surface area contributed by atoms with Crippen molar-refractivity contribution in [1.29, 1.82) is 0 Å². The van der Waals surface area contributed by atoms with Gasteiger partial charge in [-0.15, -0.1) is 0 Å². The lowest BCUT2D eigenvalue weighted by molar-refractivity contribution is -0.149. The average molecular weight is 319 g/mol. The summed E-state index contributed by atoms with van der Waals surface area (Å²) in [5.74, 6) is -1.08. The Kier molecular flexibility index (Phi) is 4.37. The SMILES string of the molecule is O=C(O)CC1CCCN1C(=O)C1(Cc2cccc(F)c2)CCC1. The van der Waals surface area contributed by atoms with Crippen molar-refractivity contribution in [1.82, 2.24) is 4.90 Å². The standard InChI is InChI=1S/C18H22FNO3/c19-14-5-1-4-13(10-14)12-18(7-3-8-18)17(23)20-9-2-6-15(20)11-16(21)22/h1,4-5,10,15H,2-3,6-9,11-12H2,(H,21,22). The minimum atomic E-state index is -0.859. The fourth-order valence-electron chi connectivity index (χ4n) is 3.93. The summed E-state index contributed by atoms with van der Waals surface area (Å²) in [4.78, 5) is 25.8. The smallest absolute Gasteiger partial charge is 0.305 e. The van der Waals surface area contributed by atoms with Crippen LogP contribution in [0.15, 0.2) is 24.3 Å². The van der Waals surface area contributed by atoms with E-state index in [-0.39, 0.29) is 24.2 Å². The predicted molar refractivity (Wildman–Crippen MR) is 83.4 cm³/mol. The summed E-state index contributed by atoms with van der Waals surface area (Å²) in [6.07, 6.45) is 4.78. The van der Waals surface area contributed by atoms with Crippen LogP contribution in [0.5, 0.6) is 0 Å². The van der Waals surface area contributed by atoms with Gasteiger partial charge in [0.25, 0.3) is 0 Å². The molecule has 1 amide bonds. The topological polar surface area (TPSA) is 57.6 Å². The highest BCUT2D eigenvalue weighted by atomic mass is 19.1. The van der Waals surface area contributed by atoms with E-state index in [9.17, 15) is 14.0 Å². The number of carbonyl (C=O) groups is 2. The molecule has 0 spiro atoms. The Balaban J connectivity index is 1.76. The molecule has 124 valence electrons. The van der Waals surface area contributed by atoms with E-state index in [1.165, 1.54) is 12.1 Å². The molecule has 1 saturated heterocycles. The number of rotatable bonds is 5. The van der Waals surface area contributed by atoms with E-state index in [4.69, 9.17) is 5.11 Å². The maximum absolute atomic E-state index is 13.4. The van der Waals surface area contributed by atoms with Gasteiger partial charge >= 0.3 is 5.97 Å². The highest BCUT2D eigenvalue weighted by Gasteiger charge is 2.48. The molecule has 1 aliphatic heterocycles. The number of nitrogens with zero attached hydrogens (tertiary/aromatic N) is 1. The van der Waals surface area contributed by atoms with E-state index >= 15 is 0 Å². The molecule has 2 aliphatic rings. The maximum atomic E-state index is 13.4. The first-order valence-electron chi connectivity index (χ1n) is 8.27. The summed E-state index contributed by atoms with van der Waals surface area (Å²) in [6.45, 7) is 0.641. The van der Waals surface area contributed by atoms with Crippen LogP contribution >= 0.6 is 0 Å². The normalized spacial score (nSPS) is 22.7. The first-order chi connectivity index (χ1) is 11.0. The lowest BCUT2D eigenvalue weighted by Crippen LogP contribution is -2.51. The number of aliphatic carboxylic acids is 1. The molecule has 1 aromatic rings. The Bertz CT molecular complexity index is 612. The van der Waals surface area contributed by atoms with Crippen molar-refractivity contribution >= 4 is 11.9 Å². The third kappa shape index (κ3) is 3.23. The van der Waals surface area contributed by atoms with Gasteiger partial charge in [0, 0.05) is 12.6 Å². The average Bonchev–Trinajstić information content (AvgIpc) is 2.89. The van der Waals surface area contributed by atoms with Crippen molar-refractivity contribution in [3.8, 4) is 0 Å². The molecule has 1 aromatic carbocycles. The van der Waals surface area contributed by atoms with Crippen LogP contribution in [0.3, 0.4) is 0 Å². The molecule has 1 aliphatic carbocycles. The zero-order valence-electron chi connectivity index (χ0n) is 13.1. The van der Waals surface area contributed by atoms with Gasteiger partial charge < -0.3 is 10.0 Å². The number of carboxylic acids is 1. The minimum Gasteiger partial charge on any atom is -0.481 e. The van der Waals surface area contributed by atoms with Gasteiger partial charge in [-0.25, -0.2) is 4.39 Å². The van der Waals surface area contributed by atoms with Crippen molar-refractivity contribution in [2.45, 2.75) is 51.0 Å². The maximum Gasteiger partial charge on any atom is 0.305 e. The largest absolute Gasteiger partial charge is 0.481 e. The molecule has 4 nitrogen and oxygen atoms in total. The fraction of sp³-hybridized carbons (Fsp3) is 0.556. The summed E-state index contributed by atoms with van der Waals surface area (Å²) in [6, 6.07) is 6.23. The summed E-state index contributed by atoms with van der Waals surface area (Å²) < 4.78 is 13.4. The molecular weight excluding hydrogens is 297 g/mol. The quantitative estimate of drug-likeness (QED) is 0.907. The van der Waals surface area contributed by atoms with Crippen LogP contribution < -0.4 is 0 Å². The molecule has 5 heteroatoms. The predicted octanol–water partition coefficient (Wildman–Crippen LogP) is 3.00. The molecular formula is C18H22FNO3. The van der Waals surface area contributed by atoms with Crippen LogP contribution in [0.1, 0.15) is 44.1 Å². The Morgan fingerprint density at radius 3 is 2.70 bits per heavy atom. The molecule has 1 heterocycles. The highest BCUT2D eigenvalue weighted by molar-refractivity contribution is 5.85. The Hall–Kier alpha value is -1.91. The molecule has 1 saturated carbocycles. The number of carbonyl (C=O) groups excluding carboxylic acids is 1. The number of carboxylic acid groups (broad SMARTS) is 1. The van der Waals surface area contributed by atoms with Gasteiger partial charge in [-0.2, -0.15) is 0 Å². The van der Waals surface area contributed by atoms with Crippen LogP contribution in [0, 0.1) is 11.2 Å². The minimum absolute atomic E-state index is 0.0157. The summed E-state index contributed by atoms with van der Waals surface area (Å²) in [5, 5.41) is 9.03. The third-order valence-corrected chi connectivity index (χ3v) is 5.24. The van der Waals surface area contributed by atoms with E-state index in [0.29, 0.717) is 13.0 Å². The van der Waals surface area contributed by atoms with E-state index in [1.807, 2.05) is 6.07 Å². The number of hydrogen-bond acceptors (Lipinski definition) is 2. The van der Waals surface area contributed by atoms with Gasteiger partial charge in [0.15, 0.2) is 0 Å². The zero-order chi connectivity index (χ0) is 16.4. The van der Waals surface area contributed by atoms with E-state index < -0.39 is 11.4 Å². The van der Waals surface area contributed by atoms with Gasteiger partial charge in [-0.05, 0) is 49.8 Å². The van der Waals surface area contributed by atoms with Gasteiger partial charge in [-0.1, -0.05) is 18.6 Å².